The Morgan fingerprint density at radius 2 is 1.15 bits per heavy atom. The van der Waals surface area contributed by atoms with Gasteiger partial charge in [-0.3, -0.25) is 9.59 Å². The minimum absolute atomic E-state index is 0.0861. The van der Waals surface area contributed by atoms with Crippen LogP contribution in [0.1, 0.15) is 104 Å². The van der Waals surface area contributed by atoms with Crippen LogP contribution in [0.5, 0.6) is 0 Å². The Labute approximate surface area is 203 Å². The molecule has 0 bridgehead atoms. The zero-order valence-corrected chi connectivity index (χ0v) is 20.8. The van der Waals surface area contributed by atoms with Crippen LogP contribution in [0.25, 0.3) is 0 Å². The van der Waals surface area contributed by atoms with Crippen molar-refractivity contribution in [2.45, 2.75) is 95.6 Å². The molecular formula is C27H36N2O4S. The van der Waals surface area contributed by atoms with Gasteiger partial charge in [-0.15, -0.1) is 0 Å². The van der Waals surface area contributed by atoms with E-state index in [9.17, 15) is 18.0 Å². The molecular weight excluding hydrogens is 448 g/mol. The number of fused-ring (bicyclic) bond motifs is 1. The van der Waals surface area contributed by atoms with Crippen molar-refractivity contribution >= 4 is 21.6 Å². The number of piperidine rings is 1. The van der Waals surface area contributed by atoms with Gasteiger partial charge in [0.25, 0.3) is 0 Å². The van der Waals surface area contributed by atoms with Crippen molar-refractivity contribution in [1.82, 2.24) is 9.21 Å². The fourth-order valence-corrected chi connectivity index (χ4v) is 8.68. The fourth-order valence-electron chi connectivity index (χ4n) is 6.45. The van der Waals surface area contributed by atoms with Gasteiger partial charge < -0.3 is 4.90 Å². The van der Waals surface area contributed by atoms with Crippen LogP contribution in [0, 0.1) is 0 Å². The van der Waals surface area contributed by atoms with Crippen molar-refractivity contribution in [3.05, 3.63) is 46.0 Å². The molecule has 2 saturated carbocycles. The summed E-state index contributed by atoms with van der Waals surface area (Å²) in [7, 11) is -4.15. The summed E-state index contributed by atoms with van der Waals surface area (Å²) in [5, 5.41) is 0. The SMILES string of the molecule is O=C1C(N2CCCCC2)=C(S(=O)(=O)N(C2CCCCC2)C2CCCCC2)C(=O)c2ccccc21. The maximum absolute atomic E-state index is 14.6. The van der Waals surface area contributed by atoms with Gasteiger partial charge in [-0.2, -0.15) is 4.31 Å². The first kappa shape index (κ1) is 23.7. The van der Waals surface area contributed by atoms with Crippen LogP contribution in [-0.4, -0.2) is 54.4 Å². The predicted molar refractivity (Wildman–Crippen MR) is 132 cm³/mol. The van der Waals surface area contributed by atoms with Crippen LogP contribution in [0.3, 0.4) is 0 Å². The van der Waals surface area contributed by atoms with E-state index in [2.05, 4.69) is 0 Å². The molecule has 0 spiro atoms. The van der Waals surface area contributed by atoms with Crippen LogP contribution in [0.4, 0.5) is 0 Å². The van der Waals surface area contributed by atoms with E-state index in [0.29, 0.717) is 18.7 Å². The van der Waals surface area contributed by atoms with Gasteiger partial charge >= 0.3 is 0 Å². The van der Waals surface area contributed by atoms with Crippen LogP contribution >= 0.6 is 0 Å². The molecule has 184 valence electrons. The first-order valence-corrected chi connectivity index (χ1v) is 14.7. The summed E-state index contributed by atoms with van der Waals surface area (Å²) in [6, 6.07) is 6.54. The average Bonchev–Trinajstić information content (AvgIpc) is 2.87. The third-order valence-electron chi connectivity index (χ3n) is 8.13. The zero-order valence-electron chi connectivity index (χ0n) is 20.0. The molecule has 0 atom stereocenters. The van der Waals surface area contributed by atoms with Crippen molar-refractivity contribution in [2.75, 3.05) is 13.1 Å². The predicted octanol–water partition coefficient (Wildman–Crippen LogP) is 5.06. The minimum Gasteiger partial charge on any atom is -0.367 e. The Morgan fingerprint density at radius 1 is 0.676 bits per heavy atom. The molecule has 3 fully saturated rings. The number of Topliss-reactive ketones (excluding diaryl/α,β-unsaturated/α-hetero) is 2. The number of hydrogen-bond acceptors (Lipinski definition) is 5. The number of benzene rings is 1. The van der Waals surface area contributed by atoms with Crippen molar-refractivity contribution < 1.29 is 18.0 Å². The van der Waals surface area contributed by atoms with Crippen molar-refractivity contribution in [1.29, 1.82) is 0 Å². The van der Waals surface area contributed by atoms with Gasteiger partial charge in [0.05, 0.1) is 0 Å². The van der Waals surface area contributed by atoms with E-state index in [4.69, 9.17) is 0 Å². The van der Waals surface area contributed by atoms with Gasteiger partial charge in [0.15, 0.2) is 4.91 Å². The number of hydrogen-bond donors (Lipinski definition) is 0. The highest BCUT2D eigenvalue weighted by Crippen LogP contribution is 2.39. The minimum atomic E-state index is -4.15. The third-order valence-corrected chi connectivity index (χ3v) is 10.2. The summed E-state index contributed by atoms with van der Waals surface area (Å²) in [5.74, 6) is -0.824. The number of sulfonamides is 1. The summed E-state index contributed by atoms with van der Waals surface area (Å²) >= 11 is 0. The number of ketones is 2. The molecule has 1 aliphatic heterocycles. The van der Waals surface area contributed by atoms with E-state index < -0.39 is 15.8 Å². The molecule has 0 N–H and O–H groups in total. The van der Waals surface area contributed by atoms with E-state index >= 15 is 0 Å². The first-order valence-electron chi connectivity index (χ1n) is 13.2. The molecule has 34 heavy (non-hydrogen) atoms. The van der Waals surface area contributed by atoms with E-state index in [1.54, 1.807) is 28.6 Å². The number of allylic oxidation sites excluding steroid dienone is 2. The molecule has 7 heteroatoms. The molecule has 4 aliphatic rings. The standard InChI is InChI=1S/C27H36N2O4S/c30-25-22-16-8-9-17-23(22)26(31)27(24(25)28-18-10-3-11-19-28)34(32,33)29(20-12-4-1-5-13-20)21-14-6-2-7-15-21/h8-9,16-17,20-21H,1-7,10-15,18-19H2. The van der Waals surface area contributed by atoms with Gasteiger partial charge in [0.2, 0.25) is 21.6 Å². The molecule has 1 saturated heterocycles. The van der Waals surface area contributed by atoms with Crippen LogP contribution < -0.4 is 0 Å². The smallest absolute Gasteiger partial charge is 0.249 e. The molecule has 1 heterocycles. The van der Waals surface area contributed by atoms with E-state index in [1.165, 1.54) is 0 Å². The fraction of sp³-hybridized carbons (Fsp3) is 0.630. The molecule has 0 radical (unpaired) electrons. The largest absolute Gasteiger partial charge is 0.367 e. The molecule has 1 aromatic carbocycles. The van der Waals surface area contributed by atoms with Crippen molar-refractivity contribution in [3.8, 4) is 0 Å². The number of carbonyl (C=O) groups excluding carboxylic acids is 2. The summed E-state index contributed by atoms with van der Waals surface area (Å²) in [6.07, 6.45) is 12.5. The molecule has 3 aliphatic carbocycles. The van der Waals surface area contributed by atoms with E-state index in [0.717, 1.165) is 83.5 Å². The Bertz CT molecular complexity index is 1060. The van der Waals surface area contributed by atoms with Gasteiger partial charge in [-0.25, -0.2) is 8.42 Å². The Balaban J connectivity index is 1.66. The molecule has 0 unspecified atom stereocenters. The van der Waals surface area contributed by atoms with Gasteiger partial charge in [-0.05, 0) is 44.9 Å². The molecule has 0 amide bonds. The first-order chi connectivity index (χ1) is 16.5. The molecule has 5 rings (SSSR count). The molecule has 0 aromatic heterocycles. The lowest BCUT2D eigenvalue weighted by Gasteiger charge is -2.42. The highest BCUT2D eigenvalue weighted by atomic mass is 32.2. The Morgan fingerprint density at radius 3 is 1.68 bits per heavy atom. The maximum Gasteiger partial charge on any atom is 0.249 e. The monoisotopic (exact) mass is 484 g/mol. The van der Waals surface area contributed by atoms with Crippen LogP contribution in [0.2, 0.25) is 0 Å². The lowest BCUT2D eigenvalue weighted by Crippen LogP contribution is -2.51. The summed E-state index contributed by atoms with van der Waals surface area (Å²) < 4.78 is 30.9. The van der Waals surface area contributed by atoms with E-state index in [1.807, 2.05) is 4.90 Å². The maximum atomic E-state index is 14.6. The van der Waals surface area contributed by atoms with Gasteiger partial charge in [0, 0.05) is 36.3 Å². The second kappa shape index (κ2) is 9.94. The Kier molecular flexibility index (Phi) is 6.94. The van der Waals surface area contributed by atoms with Crippen molar-refractivity contribution in [2.24, 2.45) is 0 Å². The summed E-state index contributed by atoms with van der Waals surface area (Å²) in [6.45, 7) is 1.23. The average molecular weight is 485 g/mol. The topological polar surface area (TPSA) is 74.8 Å². The highest BCUT2D eigenvalue weighted by Gasteiger charge is 2.47. The third kappa shape index (κ3) is 4.26. The number of likely N-dealkylation sites (tertiary alicyclic amines) is 1. The van der Waals surface area contributed by atoms with Crippen LogP contribution in [0.15, 0.2) is 34.9 Å². The summed E-state index contributed by atoms with van der Waals surface area (Å²) in [5.41, 5.74) is 0.674. The molecule has 6 nitrogen and oxygen atoms in total. The second-order valence-electron chi connectivity index (χ2n) is 10.3. The lowest BCUT2D eigenvalue weighted by atomic mass is 9.91. The second-order valence-corrected chi connectivity index (χ2v) is 12.1. The Hall–Kier alpha value is -1.99. The van der Waals surface area contributed by atoms with Gasteiger partial charge in [0.1, 0.15) is 5.70 Å². The quantitative estimate of drug-likeness (QED) is 0.584. The van der Waals surface area contributed by atoms with Gasteiger partial charge in [-0.1, -0.05) is 62.8 Å². The number of rotatable bonds is 5. The lowest BCUT2D eigenvalue weighted by molar-refractivity contribution is 0.0937. The highest BCUT2D eigenvalue weighted by molar-refractivity contribution is 7.94. The number of nitrogens with zero attached hydrogens (tertiary/aromatic N) is 2. The van der Waals surface area contributed by atoms with E-state index in [-0.39, 0.29) is 34.0 Å². The zero-order chi connectivity index (χ0) is 23.7. The normalized spacial score (nSPS) is 23.5. The van der Waals surface area contributed by atoms with Crippen LogP contribution in [-0.2, 0) is 10.0 Å². The van der Waals surface area contributed by atoms with Crippen molar-refractivity contribution in [3.63, 3.8) is 0 Å². The number of carbonyl (C=O) groups is 2. The summed E-state index contributed by atoms with van der Waals surface area (Å²) in [4.78, 5) is 29.3. The molecule has 1 aromatic rings.